The zero-order valence-electron chi connectivity index (χ0n) is 10.4. The van der Waals surface area contributed by atoms with Crippen LogP contribution < -0.4 is 5.32 Å². The molecule has 90 valence electrons. The fourth-order valence-corrected chi connectivity index (χ4v) is 1.79. The van der Waals surface area contributed by atoms with Crippen molar-refractivity contribution >= 4 is 0 Å². The van der Waals surface area contributed by atoms with Gasteiger partial charge in [-0.05, 0) is 37.9 Å². The molecule has 0 aromatic heterocycles. The fourth-order valence-electron chi connectivity index (χ4n) is 1.79. The zero-order valence-corrected chi connectivity index (χ0v) is 10.4. The molecule has 0 fully saturated rings. The van der Waals surface area contributed by atoms with Crippen molar-refractivity contribution < 1.29 is 5.11 Å². The lowest BCUT2D eigenvalue weighted by molar-refractivity contribution is 0.461. The molecule has 0 spiro atoms. The molecule has 0 aliphatic carbocycles. The van der Waals surface area contributed by atoms with Crippen LogP contribution >= 0.6 is 0 Å². The number of rotatable bonds is 7. The highest BCUT2D eigenvalue weighted by atomic mass is 16.3. The summed E-state index contributed by atoms with van der Waals surface area (Å²) in [4.78, 5) is 0. The summed E-state index contributed by atoms with van der Waals surface area (Å²) in [5.74, 6) is 0.408. The monoisotopic (exact) mass is 221 g/mol. The van der Waals surface area contributed by atoms with Crippen LogP contribution in [0.4, 0.5) is 0 Å². The number of para-hydroxylation sites is 1. The van der Waals surface area contributed by atoms with Crippen molar-refractivity contribution in [2.45, 2.75) is 45.6 Å². The number of phenolic OH excluding ortho intramolecular Hbond substituents is 1. The number of unbranched alkanes of at least 4 members (excludes halogenated alkanes) is 1. The normalized spacial score (nSPS) is 12.6. The van der Waals surface area contributed by atoms with Crippen molar-refractivity contribution in [1.82, 2.24) is 5.32 Å². The summed E-state index contributed by atoms with van der Waals surface area (Å²) >= 11 is 0. The van der Waals surface area contributed by atoms with Gasteiger partial charge in [0.25, 0.3) is 0 Å². The molecular formula is C14H23NO. The van der Waals surface area contributed by atoms with E-state index in [2.05, 4.69) is 19.2 Å². The Morgan fingerprint density at radius 2 is 2.06 bits per heavy atom. The number of benzene rings is 1. The first-order chi connectivity index (χ1) is 7.74. The third-order valence-electron chi connectivity index (χ3n) is 2.87. The molecule has 2 nitrogen and oxygen atoms in total. The molecule has 1 unspecified atom stereocenters. The van der Waals surface area contributed by atoms with Crippen LogP contribution in [0.5, 0.6) is 5.75 Å². The topological polar surface area (TPSA) is 32.3 Å². The van der Waals surface area contributed by atoms with Crippen molar-refractivity contribution in [1.29, 1.82) is 0 Å². The first-order valence-corrected chi connectivity index (χ1v) is 6.24. The highest BCUT2D eigenvalue weighted by molar-refractivity contribution is 5.31. The average Bonchev–Trinajstić information content (AvgIpc) is 2.29. The Labute approximate surface area is 98.7 Å². The summed E-state index contributed by atoms with van der Waals surface area (Å²) in [7, 11) is 0. The quantitative estimate of drug-likeness (QED) is 0.741. The molecule has 0 bridgehead atoms. The molecule has 2 heteroatoms. The SMILES string of the molecule is CCCCC(C)NCCc1ccccc1O. The number of hydrogen-bond donors (Lipinski definition) is 2. The largest absolute Gasteiger partial charge is 0.508 e. The third kappa shape index (κ3) is 4.67. The van der Waals surface area contributed by atoms with Crippen molar-refractivity contribution in [3.8, 4) is 5.75 Å². The molecule has 0 aliphatic heterocycles. The van der Waals surface area contributed by atoms with E-state index in [0.29, 0.717) is 11.8 Å². The van der Waals surface area contributed by atoms with E-state index in [0.717, 1.165) is 18.5 Å². The van der Waals surface area contributed by atoms with Gasteiger partial charge in [-0.15, -0.1) is 0 Å². The Kier molecular flexibility index (Phi) is 5.94. The molecule has 0 saturated heterocycles. The lowest BCUT2D eigenvalue weighted by Gasteiger charge is -2.13. The van der Waals surface area contributed by atoms with Gasteiger partial charge in [-0.25, -0.2) is 0 Å². The van der Waals surface area contributed by atoms with Crippen molar-refractivity contribution in [3.05, 3.63) is 29.8 Å². The summed E-state index contributed by atoms with van der Waals surface area (Å²) in [6.07, 6.45) is 4.66. The molecule has 1 rings (SSSR count). The summed E-state index contributed by atoms with van der Waals surface area (Å²) in [5, 5.41) is 13.1. The number of hydrogen-bond acceptors (Lipinski definition) is 2. The first kappa shape index (κ1) is 13.0. The van der Waals surface area contributed by atoms with E-state index >= 15 is 0 Å². The standard InChI is InChI=1S/C14H23NO/c1-3-4-7-12(2)15-11-10-13-8-5-6-9-14(13)16/h5-6,8-9,12,15-16H,3-4,7,10-11H2,1-2H3. The van der Waals surface area contributed by atoms with Crippen LogP contribution in [0, 0.1) is 0 Å². The van der Waals surface area contributed by atoms with Gasteiger partial charge in [0.2, 0.25) is 0 Å². The minimum Gasteiger partial charge on any atom is -0.508 e. The van der Waals surface area contributed by atoms with Crippen molar-refractivity contribution in [2.24, 2.45) is 0 Å². The Morgan fingerprint density at radius 3 is 2.75 bits per heavy atom. The van der Waals surface area contributed by atoms with Gasteiger partial charge in [0, 0.05) is 6.04 Å². The molecule has 2 N–H and O–H groups in total. The second-order valence-electron chi connectivity index (χ2n) is 4.38. The van der Waals surface area contributed by atoms with Gasteiger partial charge in [0.15, 0.2) is 0 Å². The van der Waals surface area contributed by atoms with Gasteiger partial charge in [-0.1, -0.05) is 38.0 Å². The Morgan fingerprint density at radius 1 is 1.31 bits per heavy atom. The Bertz CT molecular complexity index is 299. The molecule has 0 heterocycles. The highest BCUT2D eigenvalue weighted by Crippen LogP contribution is 2.15. The summed E-state index contributed by atoms with van der Waals surface area (Å²) < 4.78 is 0. The van der Waals surface area contributed by atoms with Gasteiger partial charge < -0.3 is 10.4 Å². The van der Waals surface area contributed by atoms with Crippen molar-refractivity contribution in [2.75, 3.05) is 6.54 Å². The third-order valence-corrected chi connectivity index (χ3v) is 2.87. The predicted molar refractivity (Wildman–Crippen MR) is 68.8 cm³/mol. The maximum absolute atomic E-state index is 9.59. The zero-order chi connectivity index (χ0) is 11.8. The van der Waals surface area contributed by atoms with Crippen molar-refractivity contribution in [3.63, 3.8) is 0 Å². The number of aromatic hydroxyl groups is 1. The Hall–Kier alpha value is -1.02. The molecule has 0 aliphatic rings. The molecule has 0 saturated carbocycles. The molecule has 0 radical (unpaired) electrons. The predicted octanol–water partition coefficient (Wildman–Crippen LogP) is 3.10. The van der Waals surface area contributed by atoms with E-state index in [4.69, 9.17) is 0 Å². The molecule has 1 aromatic carbocycles. The molecule has 0 amide bonds. The van der Waals surface area contributed by atoms with Crippen LogP contribution in [0.15, 0.2) is 24.3 Å². The number of nitrogens with one attached hydrogen (secondary N) is 1. The molecule has 1 aromatic rings. The van der Waals surface area contributed by atoms with E-state index in [9.17, 15) is 5.11 Å². The van der Waals surface area contributed by atoms with Gasteiger partial charge in [0.05, 0.1) is 0 Å². The Balaban J connectivity index is 2.23. The van der Waals surface area contributed by atoms with Gasteiger partial charge >= 0.3 is 0 Å². The lowest BCUT2D eigenvalue weighted by atomic mass is 10.1. The summed E-state index contributed by atoms with van der Waals surface area (Å²) in [6.45, 7) is 5.37. The van der Waals surface area contributed by atoms with Crippen LogP contribution in [-0.4, -0.2) is 17.7 Å². The summed E-state index contributed by atoms with van der Waals surface area (Å²) in [5.41, 5.74) is 1.03. The fraction of sp³-hybridized carbons (Fsp3) is 0.571. The maximum atomic E-state index is 9.59. The summed E-state index contributed by atoms with van der Waals surface area (Å²) in [6, 6.07) is 8.13. The van der Waals surface area contributed by atoms with Gasteiger partial charge in [-0.2, -0.15) is 0 Å². The van der Waals surface area contributed by atoms with Crippen LogP contribution in [0.1, 0.15) is 38.7 Å². The minimum atomic E-state index is 0.408. The van der Waals surface area contributed by atoms with E-state index in [1.165, 1.54) is 19.3 Å². The van der Waals surface area contributed by atoms with E-state index in [1.807, 2.05) is 18.2 Å². The first-order valence-electron chi connectivity index (χ1n) is 6.24. The second kappa shape index (κ2) is 7.29. The van der Waals surface area contributed by atoms with Gasteiger partial charge in [-0.3, -0.25) is 0 Å². The molecule has 1 atom stereocenters. The maximum Gasteiger partial charge on any atom is 0.118 e. The molecular weight excluding hydrogens is 198 g/mol. The smallest absolute Gasteiger partial charge is 0.118 e. The lowest BCUT2D eigenvalue weighted by Crippen LogP contribution is -2.27. The van der Waals surface area contributed by atoms with E-state index in [1.54, 1.807) is 6.07 Å². The minimum absolute atomic E-state index is 0.408. The van der Waals surface area contributed by atoms with E-state index in [-0.39, 0.29) is 0 Å². The van der Waals surface area contributed by atoms with E-state index < -0.39 is 0 Å². The average molecular weight is 221 g/mol. The van der Waals surface area contributed by atoms with Crippen LogP contribution in [0.3, 0.4) is 0 Å². The second-order valence-corrected chi connectivity index (χ2v) is 4.38. The molecule has 16 heavy (non-hydrogen) atoms. The number of phenols is 1. The van der Waals surface area contributed by atoms with Gasteiger partial charge in [0.1, 0.15) is 5.75 Å². The van der Waals surface area contributed by atoms with Crippen LogP contribution in [-0.2, 0) is 6.42 Å². The highest BCUT2D eigenvalue weighted by Gasteiger charge is 2.02. The van der Waals surface area contributed by atoms with Crippen LogP contribution in [0.25, 0.3) is 0 Å². The van der Waals surface area contributed by atoms with Crippen LogP contribution in [0.2, 0.25) is 0 Å².